The summed E-state index contributed by atoms with van der Waals surface area (Å²) in [5, 5.41) is 5.57. The van der Waals surface area contributed by atoms with Gasteiger partial charge in [0.25, 0.3) is 0 Å². The summed E-state index contributed by atoms with van der Waals surface area (Å²) in [6.07, 6.45) is 5.58. The zero-order chi connectivity index (χ0) is 18.6. The molecule has 0 atom stereocenters. The fraction of sp³-hybridized carbons (Fsp3) is 0.250. The van der Waals surface area contributed by atoms with E-state index in [1.54, 1.807) is 6.20 Å². The van der Waals surface area contributed by atoms with Crippen LogP contribution >= 0.6 is 0 Å². The minimum absolute atomic E-state index is 0.222. The normalized spacial score (nSPS) is 11.1. The zero-order valence-corrected chi connectivity index (χ0v) is 15.2. The number of unbranched alkanes of at least 4 members (excludes halogenated alkanes) is 1. The number of nitrogen functional groups attached to an aromatic ring is 1. The Labute approximate surface area is 157 Å². The Kier molecular flexibility index (Phi) is 4.74. The molecule has 4 aromatic rings. The molecule has 4 rings (SSSR count). The second-order valence-electron chi connectivity index (χ2n) is 6.40. The minimum Gasteiger partial charge on any atom is -0.482 e. The fourth-order valence-corrected chi connectivity index (χ4v) is 3.02. The van der Waals surface area contributed by atoms with E-state index in [1.807, 2.05) is 18.3 Å². The molecule has 0 aliphatic heterocycles. The lowest BCUT2D eigenvalue weighted by atomic mass is 10.2. The van der Waals surface area contributed by atoms with Gasteiger partial charge in [-0.3, -0.25) is 4.98 Å². The number of rotatable bonds is 7. The first-order chi connectivity index (χ1) is 13.2. The molecule has 7 heteroatoms. The summed E-state index contributed by atoms with van der Waals surface area (Å²) in [4.78, 5) is 16.2. The van der Waals surface area contributed by atoms with Gasteiger partial charge >= 0.3 is 0 Å². The average Bonchev–Trinajstić information content (AvgIpc) is 3.05. The van der Waals surface area contributed by atoms with E-state index in [4.69, 9.17) is 10.5 Å². The quantitative estimate of drug-likeness (QED) is 0.431. The van der Waals surface area contributed by atoms with Crippen molar-refractivity contribution < 1.29 is 4.74 Å². The third-order valence-electron chi connectivity index (χ3n) is 4.42. The van der Waals surface area contributed by atoms with Gasteiger partial charge in [0, 0.05) is 22.8 Å². The maximum absolute atomic E-state index is 5.93. The van der Waals surface area contributed by atoms with Crippen LogP contribution in [0.2, 0.25) is 0 Å². The summed E-state index contributed by atoms with van der Waals surface area (Å²) in [5.74, 6) is 1.41. The topological polar surface area (TPSA) is 102 Å². The highest BCUT2D eigenvalue weighted by Crippen LogP contribution is 2.26. The molecule has 0 unspecified atom stereocenters. The van der Waals surface area contributed by atoms with Gasteiger partial charge in [-0.1, -0.05) is 31.5 Å². The molecular formula is C20H22N6O. The van der Waals surface area contributed by atoms with E-state index >= 15 is 0 Å². The van der Waals surface area contributed by atoms with Crippen LogP contribution < -0.4 is 15.8 Å². The number of ether oxygens (including phenoxy) is 1. The number of anilines is 2. The minimum atomic E-state index is 0.222. The van der Waals surface area contributed by atoms with Crippen LogP contribution in [0.25, 0.3) is 21.8 Å². The predicted molar refractivity (Wildman–Crippen MR) is 108 cm³/mol. The summed E-state index contributed by atoms with van der Waals surface area (Å²) in [6.45, 7) is 3.27. The largest absolute Gasteiger partial charge is 0.482 e. The van der Waals surface area contributed by atoms with Gasteiger partial charge in [0.2, 0.25) is 5.95 Å². The van der Waals surface area contributed by atoms with E-state index in [2.05, 4.69) is 50.4 Å². The van der Waals surface area contributed by atoms with Gasteiger partial charge in [0.1, 0.15) is 6.61 Å². The molecule has 0 aliphatic rings. The Morgan fingerprint density at radius 2 is 2.00 bits per heavy atom. The average molecular weight is 362 g/mol. The summed E-state index contributed by atoms with van der Waals surface area (Å²) in [5.41, 5.74) is 8.66. The molecule has 0 radical (unpaired) electrons. The molecule has 7 nitrogen and oxygen atoms in total. The van der Waals surface area contributed by atoms with Gasteiger partial charge in [-0.15, -0.1) is 0 Å². The molecule has 138 valence electrons. The highest BCUT2D eigenvalue weighted by molar-refractivity contribution is 6.06. The molecule has 0 aliphatic carbocycles. The number of pyridine rings is 1. The van der Waals surface area contributed by atoms with Crippen LogP contribution in [0, 0.1) is 0 Å². The first-order valence-corrected chi connectivity index (χ1v) is 9.09. The van der Waals surface area contributed by atoms with Crippen molar-refractivity contribution >= 4 is 33.6 Å². The molecule has 3 heterocycles. The summed E-state index contributed by atoms with van der Waals surface area (Å²) in [6, 6.07) is 10.3. The zero-order valence-electron chi connectivity index (χ0n) is 15.2. The monoisotopic (exact) mass is 362 g/mol. The number of aromatic nitrogens is 4. The highest BCUT2D eigenvalue weighted by Gasteiger charge is 2.10. The number of H-pyrrole nitrogens is 1. The van der Waals surface area contributed by atoms with Crippen molar-refractivity contribution in [2.75, 3.05) is 17.6 Å². The van der Waals surface area contributed by atoms with E-state index in [0.29, 0.717) is 18.2 Å². The molecule has 0 spiro atoms. The highest BCUT2D eigenvalue weighted by atomic mass is 16.5. The molecule has 1 aromatic carbocycles. The van der Waals surface area contributed by atoms with Gasteiger partial charge in [-0.2, -0.15) is 4.98 Å². The van der Waals surface area contributed by atoms with Gasteiger partial charge in [0.05, 0.1) is 23.6 Å². The van der Waals surface area contributed by atoms with Gasteiger partial charge in [-0.25, -0.2) is 4.98 Å². The van der Waals surface area contributed by atoms with Gasteiger partial charge in [-0.05, 0) is 18.6 Å². The second-order valence-corrected chi connectivity index (χ2v) is 6.40. The number of nitrogens with zero attached hydrogens (tertiary/aromatic N) is 3. The fourth-order valence-electron chi connectivity index (χ4n) is 3.02. The van der Waals surface area contributed by atoms with Crippen LogP contribution in [0.3, 0.4) is 0 Å². The standard InChI is InChI=1S/C20H22N6O/c1-2-3-8-22-19-18(11-24-20(21)26-19)27-12-13-9-15-14-6-4-5-7-16(14)25-17(15)10-23-13/h4-7,9-11,25H,2-3,8,12H2,1H3,(H3,21,22,24,26). The van der Waals surface area contributed by atoms with Crippen LogP contribution in [0.1, 0.15) is 25.5 Å². The Bertz CT molecular complexity index is 1070. The Morgan fingerprint density at radius 1 is 1.11 bits per heavy atom. The SMILES string of the molecule is CCCCNc1nc(N)ncc1OCc1cc2c(cn1)[nH]c1ccccc12. The van der Waals surface area contributed by atoms with Crippen molar-refractivity contribution in [2.24, 2.45) is 0 Å². The maximum Gasteiger partial charge on any atom is 0.222 e. The van der Waals surface area contributed by atoms with E-state index in [1.165, 1.54) is 5.39 Å². The van der Waals surface area contributed by atoms with Crippen LogP contribution in [-0.4, -0.2) is 26.5 Å². The lowest BCUT2D eigenvalue weighted by Crippen LogP contribution is -2.09. The number of benzene rings is 1. The summed E-state index contributed by atoms with van der Waals surface area (Å²) >= 11 is 0. The van der Waals surface area contributed by atoms with Crippen LogP contribution in [0.15, 0.2) is 42.7 Å². The van der Waals surface area contributed by atoms with Crippen molar-refractivity contribution in [2.45, 2.75) is 26.4 Å². The summed E-state index contributed by atoms with van der Waals surface area (Å²) in [7, 11) is 0. The molecule has 0 amide bonds. The van der Waals surface area contributed by atoms with Crippen molar-refractivity contribution in [1.29, 1.82) is 0 Å². The molecule has 0 saturated heterocycles. The van der Waals surface area contributed by atoms with Gasteiger partial charge < -0.3 is 20.8 Å². The second kappa shape index (κ2) is 7.49. The first kappa shape index (κ1) is 17.1. The van der Waals surface area contributed by atoms with E-state index in [-0.39, 0.29) is 5.95 Å². The number of hydrogen-bond acceptors (Lipinski definition) is 6. The van der Waals surface area contributed by atoms with Crippen LogP contribution in [-0.2, 0) is 6.61 Å². The summed E-state index contributed by atoms with van der Waals surface area (Å²) < 4.78 is 5.93. The van der Waals surface area contributed by atoms with Gasteiger partial charge in [0.15, 0.2) is 11.6 Å². The number of nitrogens with two attached hydrogens (primary N) is 1. The smallest absolute Gasteiger partial charge is 0.222 e. The Balaban J connectivity index is 1.55. The molecule has 3 aromatic heterocycles. The Hall–Kier alpha value is -3.35. The predicted octanol–water partition coefficient (Wildman–Crippen LogP) is 3.88. The van der Waals surface area contributed by atoms with Crippen molar-refractivity contribution in [3.05, 3.63) is 48.4 Å². The lowest BCUT2D eigenvalue weighted by Gasteiger charge is -2.12. The molecule has 0 bridgehead atoms. The molecule has 4 N–H and O–H groups in total. The number of fused-ring (bicyclic) bond motifs is 3. The molecule has 0 fully saturated rings. The molecule has 27 heavy (non-hydrogen) atoms. The lowest BCUT2D eigenvalue weighted by molar-refractivity contribution is 0.301. The van der Waals surface area contributed by atoms with E-state index in [0.717, 1.165) is 41.5 Å². The van der Waals surface area contributed by atoms with Crippen LogP contribution in [0.5, 0.6) is 5.75 Å². The first-order valence-electron chi connectivity index (χ1n) is 9.09. The van der Waals surface area contributed by atoms with Crippen LogP contribution in [0.4, 0.5) is 11.8 Å². The number of para-hydroxylation sites is 1. The molecule has 0 saturated carbocycles. The van der Waals surface area contributed by atoms with Crippen molar-refractivity contribution in [1.82, 2.24) is 19.9 Å². The van der Waals surface area contributed by atoms with E-state index < -0.39 is 0 Å². The third kappa shape index (κ3) is 3.62. The maximum atomic E-state index is 5.93. The van der Waals surface area contributed by atoms with Crippen molar-refractivity contribution in [3.63, 3.8) is 0 Å². The molecular weight excluding hydrogens is 340 g/mol. The third-order valence-corrected chi connectivity index (χ3v) is 4.42. The number of aromatic amines is 1. The van der Waals surface area contributed by atoms with E-state index in [9.17, 15) is 0 Å². The number of nitrogens with one attached hydrogen (secondary N) is 2. The Morgan fingerprint density at radius 3 is 2.89 bits per heavy atom. The van der Waals surface area contributed by atoms with Crippen molar-refractivity contribution in [3.8, 4) is 5.75 Å². The number of hydrogen-bond donors (Lipinski definition) is 3.